The van der Waals surface area contributed by atoms with Gasteiger partial charge in [0.2, 0.25) is 0 Å². The summed E-state index contributed by atoms with van der Waals surface area (Å²) in [4.78, 5) is 10.7. The Labute approximate surface area is 67.6 Å². The first-order chi connectivity index (χ1) is 5.07. The lowest BCUT2D eigenvalue weighted by atomic mass is 10.1. The van der Waals surface area contributed by atoms with Crippen molar-refractivity contribution >= 4 is 5.78 Å². The molecule has 0 aliphatic heterocycles. The first-order valence-electron chi connectivity index (χ1n) is 3.48. The summed E-state index contributed by atoms with van der Waals surface area (Å²) in [5, 5.41) is 0. The summed E-state index contributed by atoms with van der Waals surface area (Å²) >= 11 is 0. The highest BCUT2D eigenvalue weighted by Crippen LogP contribution is 2.09. The number of ether oxygens (including phenoxy) is 1. The summed E-state index contributed by atoms with van der Waals surface area (Å²) in [5.41, 5.74) is 0.628. The number of hydrogen-bond donors (Lipinski definition) is 0. The Balaban J connectivity index is 3.63. The fourth-order valence-corrected chi connectivity index (χ4v) is 0.568. The maximum Gasteiger partial charge on any atom is 0.155 e. The van der Waals surface area contributed by atoms with E-state index in [0.29, 0.717) is 24.2 Å². The zero-order valence-corrected chi connectivity index (χ0v) is 7.14. The number of ketones is 1. The lowest BCUT2D eigenvalue weighted by Gasteiger charge is -2.03. The highest BCUT2D eigenvalue weighted by Gasteiger charge is 2.00. The molecular formula is C9H14O2. The van der Waals surface area contributed by atoms with Crippen LogP contribution in [0.2, 0.25) is 0 Å². The molecule has 0 atom stereocenters. The van der Waals surface area contributed by atoms with E-state index in [0.717, 1.165) is 0 Å². The summed E-state index contributed by atoms with van der Waals surface area (Å²) in [6.07, 6.45) is 1.32. The third-order valence-electron chi connectivity index (χ3n) is 1.49. The highest BCUT2D eigenvalue weighted by molar-refractivity contribution is 5.92. The van der Waals surface area contributed by atoms with Crippen LogP contribution in [0.15, 0.2) is 24.5 Å². The highest BCUT2D eigenvalue weighted by atomic mass is 16.5. The number of Topliss-reactive ketones (excluding diaryl/α,β-unsaturated/α-hetero) is 1. The van der Waals surface area contributed by atoms with Gasteiger partial charge in [0.15, 0.2) is 5.78 Å². The molecule has 0 fully saturated rings. The van der Waals surface area contributed by atoms with Crippen molar-refractivity contribution in [2.45, 2.75) is 19.8 Å². The molecule has 0 aromatic carbocycles. The molecule has 0 saturated carbocycles. The van der Waals surface area contributed by atoms with Crippen molar-refractivity contribution in [3.8, 4) is 0 Å². The van der Waals surface area contributed by atoms with Crippen LogP contribution >= 0.6 is 0 Å². The van der Waals surface area contributed by atoms with Gasteiger partial charge < -0.3 is 4.74 Å². The maximum absolute atomic E-state index is 10.7. The van der Waals surface area contributed by atoms with E-state index in [1.807, 2.05) is 0 Å². The molecule has 0 unspecified atom stereocenters. The van der Waals surface area contributed by atoms with Crippen LogP contribution < -0.4 is 0 Å². The van der Waals surface area contributed by atoms with Gasteiger partial charge in [-0.15, -0.1) is 0 Å². The Morgan fingerprint density at radius 2 is 1.91 bits per heavy atom. The average molecular weight is 154 g/mol. The minimum absolute atomic E-state index is 0.0360. The molecule has 0 rings (SSSR count). The van der Waals surface area contributed by atoms with E-state index in [9.17, 15) is 4.79 Å². The SMILES string of the molecule is C=C(CCC(=C)C(C)=O)OC. The van der Waals surface area contributed by atoms with Crippen molar-refractivity contribution in [2.75, 3.05) is 7.11 Å². The van der Waals surface area contributed by atoms with Gasteiger partial charge in [-0.2, -0.15) is 0 Å². The van der Waals surface area contributed by atoms with Gasteiger partial charge in [0.25, 0.3) is 0 Å². The van der Waals surface area contributed by atoms with Crippen molar-refractivity contribution in [2.24, 2.45) is 0 Å². The fraction of sp³-hybridized carbons (Fsp3) is 0.444. The number of methoxy groups -OCH3 is 1. The molecule has 0 heterocycles. The molecule has 11 heavy (non-hydrogen) atoms. The molecule has 0 saturated heterocycles. The molecule has 0 aromatic rings. The largest absolute Gasteiger partial charge is 0.502 e. The molecule has 0 aliphatic rings. The summed E-state index contributed by atoms with van der Waals surface area (Å²) in [6.45, 7) is 8.76. The predicted molar refractivity (Wildman–Crippen MR) is 45.2 cm³/mol. The van der Waals surface area contributed by atoms with Crippen molar-refractivity contribution in [3.05, 3.63) is 24.5 Å². The molecule has 0 N–H and O–H groups in total. The Morgan fingerprint density at radius 1 is 1.36 bits per heavy atom. The Morgan fingerprint density at radius 3 is 2.27 bits per heavy atom. The minimum atomic E-state index is 0.0360. The fourth-order valence-electron chi connectivity index (χ4n) is 0.568. The molecule has 0 aliphatic carbocycles. The molecular weight excluding hydrogens is 140 g/mol. The van der Waals surface area contributed by atoms with Gasteiger partial charge in [-0.3, -0.25) is 4.79 Å². The zero-order chi connectivity index (χ0) is 8.85. The van der Waals surface area contributed by atoms with Crippen LogP contribution in [-0.2, 0) is 9.53 Å². The van der Waals surface area contributed by atoms with Gasteiger partial charge in [-0.25, -0.2) is 0 Å². The second-order valence-corrected chi connectivity index (χ2v) is 2.40. The topological polar surface area (TPSA) is 26.3 Å². The van der Waals surface area contributed by atoms with Gasteiger partial charge in [-0.1, -0.05) is 13.2 Å². The minimum Gasteiger partial charge on any atom is -0.502 e. The number of allylic oxidation sites excluding steroid dienone is 2. The first kappa shape index (κ1) is 9.95. The molecule has 0 spiro atoms. The van der Waals surface area contributed by atoms with Crippen molar-refractivity contribution in [1.82, 2.24) is 0 Å². The smallest absolute Gasteiger partial charge is 0.155 e. The second kappa shape index (κ2) is 4.72. The molecule has 0 bridgehead atoms. The molecule has 0 amide bonds. The number of rotatable bonds is 5. The zero-order valence-electron chi connectivity index (χ0n) is 7.14. The molecule has 2 nitrogen and oxygen atoms in total. The average Bonchev–Trinajstić information content (AvgIpc) is 1.99. The van der Waals surface area contributed by atoms with E-state index >= 15 is 0 Å². The van der Waals surface area contributed by atoms with Gasteiger partial charge in [0, 0.05) is 6.42 Å². The van der Waals surface area contributed by atoms with Gasteiger partial charge in [-0.05, 0) is 18.9 Å². The summed E-state index contributed by atoms with van der Waals surface area (Å²) in [6, 6.07) is 0. The van der Waals surface area contributed by atoms with Crippen LogP contribution in [0.4, 0.5) is 0 Å². The molecule has 2 heteroatoms. The second-order valence-electron chi connectivity index (χ2n) is 2.40. The van der Waals surface area contributed by atoms with Crippen LogP contribution in [0.3, 0.4) is 0 Å². The van der Waals surface area contributed by atoms with E-state index in [1.165, 1.54) is 6.92 Å². The van der Waals surface area contributed by atoms with Gasteiger partial charge in [0.05, 0.1) is 12.9 Å². The third-order valence-corrected chi connectivity index (χ3v) is 1.49. The standard InChI is InChI=1S/C9H14O2/c1-7(9(3)10)5-6-8(2)11-4/h1-2,5-6H2,3-4H3. The van der Waals surface area contributed by atoms with E-state index in [4.69, 9.17) is 4.74 Å². The van der Waals surface area contributed by atoms with Crippen LogP contribution in [0, 0.1) is 0 Å². The Kier molecular flexibility index (Phi) is 4.27. The van der Waals surface area contributed by atoms with Crippen LogP contribution in [0.25, 0.3) is 0 Å². The van der Waals surface area contributed by atoms with E-state index in [1.54, 1.807) is 7.11 Å². The molecule has 0 aromatic heterocycles. The van der Waals surface area contributed by atoms with E-state index < -0.39 is 0 Å². The third kappa shape index (κ3) is 4.37. The summed E-state index contributed by atoms with van der Waals surface area (Å²) in [5.74, 6) is 0.723. The quantitative estimate of drug-likeness (QED) is 0.447. The summed E-state index contributed by atoms with van der Waals surface area (Å²) < 4.78 is 4.83. The summed E-state index contributed by atoms with van der Waals surface area (Å²) in [7, 11) is 1.57. The number of carbonyl (C=O) groups is 1. The van der Waals surface area contributed by atoms with Crippen LogP contribution in [0.5, 0.6) is 0 Å². The number of carbonyl (C=O) groups excluding carboxylic acids is 1. The Hall–Kier alpha value is -1.05. The Bertz CT molecular complexity index is 180. The van der Waals surface area contributed by atoms with Crippen LogP contribution in [-0.4, -0.2) is 12.9 Å². The van der Waals surface area contributed by atoms with Crippen molar-refractivity contribution in [1.29, 1.82) is 0 Å². The normalized spacial score (nSPS) is 8.91. The van der Waals surface area contributed by atoms with E-state index in [2.05, 4.69) is 13.2 Å². The molecule has 0 radical (unpaired) electrons. The van der Waals surface area contributed by atoms with Crippen LogP contribution in [0.1, 0.15) is 19.8 Å². The number of hydrogen-bond acceptors (Lipinski definition) is 2. The monoisotopic (exact) mass is 154 g/mol. The van der Waals surface area contributed by atoms with Gasteiger partial charge >= 0.3 is 0 Å². The van der Waals surface area contributed by atoms with Crippen molar-refractivity contribution < 1.29 is 9.53 Å². The molecule has 62 valence electrons. The van der Waals surface area contributed by atoms with E-state index in [-0.39, 0.29) is 5.78 Å². The lowest BCUT2D eigenvalue weighted by Crippen LogP contribution is -1.95. The van der Waals surface area contributed by atoms with Gasteiger partial charge in [0.1, 0.15) is 0 Å². The first-order valence-corrected chi connectivity index (χ1v) is 3.48. The van der Waals surface area contributed by atoms with Crippen molar-refractivity contribution in [3.63, 3.8) is 0 Å². The predicted octanol–water partition coefficient (Wildman–Crippen LogP) is 2.07. The lowest BCUT2D eigenvalue weighted by molar-refractivity contribution is -0.113. The maximum atomic E-state index is 10.7.